The predicted octanol–water partition coefficient (Wildman–Crippen LogP) is 8.34. The maximum Gasteiger partial charge on any atom is 0.336 e. The molecule has 0 bridgehead atoms. The standard InChI is InChI=1S/C39H30N4O5S/c1-23(37(44)41-26-18-16-25(17-19-26)33-21-30(39(45)46)27-12-7-8-14-32(27)42-33)49-38-31(22-40)29(20-34(43-38)24-10-5-4-6-11-24)28-13-9-15-35(47-2)36(28)48-3/h4-21,23H,1-3H3,(H,41,44)(H,45,46). The second-order valence-electron chi connectivity index (χ2n) is 11.0. The molecule has 10 heteroatoms. The summed E-state index contributed by atoms with van der Waals surface area (Å²) in [6, 6.07) is 34.9. The van der Waals surface area contributed by atoms with Gasteiger partial charge in [0.05, 0.1) is 47.5 Å². The molecule has 4 aromatic carbocycles. The van der Waals surface area contributed by atoms with Crippen LogP contribution >= 0.6 is 11.8 Å². The van der Waals surface area contributed by atoms with E-state index < -0.39 is 11.2 Å². The summed E-state index contributed by atoms with van der Waals surface area (Å²) in [7, 11) is 3.10. The first-order valence-corrected chi connectivity index (χ1v) is 16.1. The van der Waals surface area contributed by atoms with Gasteiger partial charge in [0.1, 0.15) is 11.1 Å². The number of anilines is 1. The quantitative estimate of drug-likeness (QED) is 0.138. The van der Waals surface area contributed by atoms with Crippen LogP contribution in [0.5, 0.6) is 11.5 Å². The zero-order chi connectivity index (χ0) is 34.5. The fraction of sp³-hybridized carbons (Fsp3) is 0.103. The van der Waals surface area contributed by atoms with Crippen LogP contribution in [0, 0.1) is 11.3 Å². The molecule has 6 rings (SSSR count). The van der Waals surface area contributed by atoms with Gasteiger partial charge in [-0.15, -0.1) is 0 Å². The highest BCUT2D eigenvalue weighted by molar-refractivity contribution is 8.00. The number of carbonyl (C=O) groups is 2. The Morgan fingerprint density at radius 2 is 1.51 bits per heavy atom. The predicted molar refractivity (Wildman–Crippen MR) is 191 cm³/mol. The number of benzene rings is 4. The fourth-order valence-corrected chi connectivity index (χ4v) is 6.40. The monoisotopic (exact) mass is 666 g/mol. The van der Waals surface area contributed by atoms with Crippen LogP contribution in [0.25, 0.3) is 44.5 Å². The molecule has 0 aliphatic heterocycles. The second kappa shape index (κ2) is 14.3. The highest BCUT2D eigenvalue weighted by Gasteiger charge is 2.24. The second-order valence-corrected chi connectivity index (χ2v) is 12.3. The van der Waals surface area contributed by atoms with E-state index in [4.69, 9.17) is 14.5 Å². The number of aromatic nitrogens is 2. The third-order valence-electron chi connectivity index (χ3n) is 7.91. The number of nitrogens with zero attached hydrogens (tertiary/aromatic N) is 3. The van der Waals surface area contributed by atoms with Crippen molar-refractivity contribution in [2.75, 3.05) is 19.5 Å². The van der Waals surface area contributed by atoms with Gasteiger partial charge >= 0.3 is 5.97 Å². The number of amides is 1. The number of nitrogens with one attached hydrogen (secondary N) is 1. The maximum atomic E-state index is 13.5. The van der Waals surface area contributed by atoms with Crippen molar-refractivity contribution in [1.29, 1.82) is 5.26 Å². The molecule has 2 heterocycles. The maximum absolute atomic E-state index is 13.5. The van der Waals surface area contributed by atoms with Crippen LogP contribution in [-0.2, 0) is 4.79 Å². The Bertz CT molecular complexity index is 2230. The van der Waals surface area contributed by atoms with Crippen LogP contribution in [0.15, 0.2) is 114 Å². The van der Waals surface area contributed by atoms with Crippen LogP contribution in [0.3, 0.4) is 0 Å². The molecule has 9 nitrogen and oxygen atoms in total. The first-order chi connectivity index (χ1) is 23.8. The first kappa shape index (κ1) is 32.7. The smallest absolute Gasteiger partial charge is 0.336 e. The van der Waals surface area contributed by atoms with Crippen molar-refractivity contribution in [2.24, 2.45) is 0 Å². The lowest BCUT2D eigenvalue weighted by Crippen LogP contribution is -2.22. The van der Waals surface area contributed by atoms with Crippen molar-refractivity contribution in [2.45, 2.75) is 17.2 Å². The van der Waals surface area contributed by atoms with Gasteiger partial charge in [0, 0.05) is 33.3 Å². The summed E-state index contributed by atoms with van der Waals surface area (Å²) in [4.78, 5) is 34.9. The minimum absolute atomic E-state index is 0.165. The molecule has 1 atom stereocenters. The Morgan fingerprint density at radius 1 is 0.816 bits per heavy atom. The largest absolute Gasteiger partial charge is 0.493 e. The number of aromatic carboxylic acids is 1. The Morgan fingerprint density at radius 3 is 2.20 bits per heavy atom. The summed E-state index contributed by atoms with van der Waals surface area (Å²) in [5.41, 5.74) is 5.57. The van der Waals surface area contributed by atoms with Gasteiger partial charge in [-0.25, -0.2) is 14.8 Å². The van der Waals surface area contributed by atoms with Crippen LogP contribution < -0.4 is 14.8 Å². The summed E-state index contributed by atoms with van der Waals surface area (Å²) in [5.74, 6) is -0.317. The van der Waals surface area contributed by atoms with Gasteiger partial charge in [0.2, 0.25) is 5.91 Å². The minimum Gasteiger partial charge on any atom is -0.493 e. The molecule has 0 saturated carbocycles. The van der Waals surface area contributed by atoms with Gasteiger partial charge in [0.15, 0.2) is 11.5 Å². The summed E-state index contributed by atoms with van der Waals surface area (Å²) >= 11 is 1.19. The molecule has 0 fully saturated rings. The summed E-state index contributed by atoms with van der Waals surface area (Å²) in [6.07, 6.45) is 0. The van der Waals surface area contributed by atoms with Gasteiger partial charge in [0.25, 0.3) is 0 Å². The highest BCUT2D eigenvalue weighted by Crippen LogP contribution is 2.43. The van der Waals surface area contributed by atoms with Crippen LogP contribution in [0.1, 0.15) is 22.8 Å². The molecule has 1 amide bonds. The van der Waals surface area contributed by atoms with Crippen molar-refractivity contribution in [3.05, 3.63) is 120 Å². The summed E-state index contributed by atoms with van der Waals surface area (Å²) in [6.45, 7) is 1.75. The van der Waals surface area contributed by atoms with Gasteiger partial charge in [-0.1, -0.05) is 84.6 Å². The lowest BCUT2D eigenvalue weighted by molar-refractivity contribution is -0.115. The van der Waals surface area contributed by atoms with Gasteiger partial charge in [-0.2, -0.15) is 5.26 Å². The van der Waals surface area contributed by atoms with E-state index >= 15 is 0 Å². The number of nitriles is 1. The van der Waals surface area contributed by atoms with Crippen molar-refractivity contribution >= 4 is 40.2 Å². The van der Waals surface area contributed by atoms with E-state index in [1.54, 1.807) is 75.7 Å². The number of rotatable bonds is 10. The molecule has 0 saturated heterocycles. The molecular weight excluding hydrogens is 637 g/mol. The first-order valence-electron chi connectivity index (χ1n) is 15.2. The van der Waals surface area contributed by atoms with Gasteiger partial charge in [-0.05, 0) is 43.3 Å². The Labute approximate surface area is 287 Å². The van der Waals surface area contributed by atoms with E-state index in [1.807, 2.05) is 54.6 Å². The van der Waals surface area contributed by atoms with Crippen LogP contribution in [-0.4, -0.2) is 46.4 Å². The van der Waals surface area contributed by atoms with Crippen molar-refractivity contribution in [3.8, 4) is 51.2 Å². The van der Waals surface area contributed by atoms with Crippen molar-refractivity contribution < 1.29 is 24.2 Å². The topological polar surface area (TPSA) is 134 Å². The molecule has 0 aliphatic rings. The summed E-state index contributed by atoms with van der Waals surface area (Å²) < 4.78 is 11.2. The third kappa shape index (κ3) is 6.79. The average Bonchev–Trinajstić information content (AvgIpc) is 3.14. The van der Waals surface area contributed by atoms with E-state index in [-0.39, 0.29) is 11.5 Å². The van der Waals surface area contributed by atoms with E-state index in [1.165, 1.54) is 11.8 Å². The SMILES string of the molecule is COc1cccc(-c2cc(-c3ccccc3)nc(SC(C)C(=O)Nc3ccc(-c4cc(C(=O)O)c5ccccc5n4)cc3)c2C#N)c1OC. The van der Waals surface area contributed by atoms with E-state index in [0.717, 1.165) is 5.56 Å². The lowest BCUT2D eigenvalue weighted by Gasteiger charge is -2.18. The molecule has 0 spiro atoms. The number of carboxylic acid groups (broad SMARTS) is 1. The normalized spacial score (nSPS) is 11.4. The number of thioether (sulfide) groups is 1. The lowest BCUT2D eigenvalue weighted by atomic mass is 9.98. The van der Waals surface area contributed by atoms with Gasteiger partial charge < -0.3 is 19.9 Å². The fourth-order valence-electron chi connectivity index (χ4n) is 5.47. The Balaban J connectivity index is 1.29. The number of fused-ring (bicyclic) bond motifs is 1. The summed E-state index contributed by atoms with van der Waals surface area (Å²) in [5, 5.41) is 23.5. The molecular formula is C39H30N4O5S. The highest BCUT2D eigenvalue weighted by atomic mass is 32.2. The van der Waals surface area contributed by atoms with Crippen molar-refractivity contribution in [1.82, 2.24) is 9.97 Å². The molecule has 0 radical (unpaired) electrons. The number of hydrogen-bond donors (Lipinski definition) is 2. The molecule has 2 aromatic heterocycles. The third-order valence-corrected chi connectivity index (χ3v) is 9.00. The van der Waals surface area contributed by atoms with Crippen LogP contribution in [0.2, 0.25) is 0 Å². The van der Waals surface area contributed by atoms with E-state index in [0.29, 0.717) is 66.8 Å². The van der Waals surface area contributed by atoms with Crippen LogP contribution in [0.4, 0.5) is 5.69 Å². The van der Waals surface area contributed by atoms with Crippen molar-refractivity contribution in [3.63, 3.8) is 0 Å². The number of methoxy groups -OCH3 is 2. The van der Waals surface area contributed by atoms with E-state index in [2.05, 4.69) is 16.4 Å². The number of hydrogen-bond acceptors (Lipinski definition) is 8. The number of para-hydroxylation sites is 2. The molecule has 49 heavy (non-hydrogen) atoms. The molecule has 2 N–H and O–H groups in total. The van der Waals surface area contributed by atoms with E-state index in [9.17, 15) is 20.0 Å². The average molecular weight is 667 g/mol. The number of carboxylic acids is 1. The molecule has 6 aromatic rings. The molecule has 0 aliphatic carbocycles. The minimum atomic E-state index is -1.03. The molecule has 1 unspecified atom stereocenters. The number of ether oxygens (including phenoxy) is 2. The Kier molecular flexibility index (Phi) is 9.55. The zero-order valence-electron chi connectivity index (χ0n) is 26.8. The Hall–Kier alpha value is -6.18. The molecule has 242 valence electrons. The number of pyridine rings is 2. The number of carbonyl (C=O) groups excluding carboxylic acids is 1. The zero-order valence-corrected chi connectivity index (χ0v) is 27.6. The van der Waals surface area contributed by atoms with Gasteiger partial charge in [-0.3, -0.25) is 4.79 Å².